The molecule has 0 saturated carbocycles. The zero-order chi connectivity index (χ0) is 17.8. The van der Waals surface area contributed by atoms with Crippen LogP contribution in [0.2, 0.25) is 0 Å². The van der Waals surface area contributed by atoms with Gasteiger partial charge in [0.15, 0.2) is 0 Å². The van der Waals surface area contributed by atoms with Gasteiger partial charge in [0.2, 0.25) is 5.91 Å². The number of primary amides is 1. The standard InChI is InChI=1S/C20H22N4O/c1-13(2)9-10-22-20-17-11-16(7-8-18(17)23-12-24-20)14-3-5-15(6-4-14)19(21)25/h3-8,11-13H,9-10H2,1-2H3,(H2,21,25)(H,22,23,24). The number of hydrogen-bond acceptors (Lipinski definition) is 4. The number of nitrogens with two attached hydrogens (primary N) is 1. The van der Waals surface area contributed by atoms with Crippen molar-refractivity contribution in [2.24, 2.45) is 11.7 Å². The van der Waals surface area contributed by atoms with Gasteiger partial charge in [0.05, 0.1) is 5.52 Å². The minimum absolute atomic E-state index is 0.421. The van der Waals surface area contributed by atoms with Crippen molar-refractivity contribution in [1.82, 2.24) is 9.97 Å². The average molecular weight is 334 g/mol. The molecule has 3 aromatic rings. The Morgan fingerprint density at radius 3 is 2.48 bits per heavy atom. The first-order chi connectivity index (χ1) is 12.0. The molecule has 1 amide bonds. The second-order valence-electron chi connectivity index (χ2n) is 6.51. The van der Waals surface area contributed by atoms with Crippen molar-refractivity contribution < 1.29 is 4.79 Å². The Balaban J connectivity index is 1.93. The van der Waals surface area contributed by atoms with Crippen LogP contribution in [0.5, 0.6) is 0 Å². The van der Waals surface area contributed by atoms with Gasteiger partial charge in [-0.3, -0.25) is 4.79 Å². The second kappa shape index (κ2) is 7.30. The second-order valence-corrected chi connectivity index (χ2v) is 6.51. The fourth-order valence-electron chi connectivity index (χ4n) is 2.68. The minimum atomic E-state index is -0.421. The van der Waals surface area contributed by atoms with Crippen LogP contribution in [0, 0.1) is 5.92 Å². The fraction of sp³-hybridized carbons (Fsp3) is 0.250. The monoisotopic (exact) mass is 334 g/mol. The van der Waals surface area contributed by atoms with Crippen LogP contribution in [0.3, 0.4) is 0 Å². The highest BCUT2D eigenvalue weighted by atomic mass is 16.1. The van der Waals surface area contributed by atoms with Gasteiger partial charge in [0.25, 0.3) is 0 Å². The van der Waals surface area contributed by atoms with Crippen LogP contribution in [0.4, 0.5) is 5.82 Å². The lowest BCUT2D eigenvalue weighted by Gasteiger charge is -2.11. The predicted octanol–water partition coefficient (Wildman–Crippen LogP) is 3.85. The van der Waals surface area contributed by atoms with E-state index in [4.69, 9.17) is 5.73 Å². The molecule has 0 aliphatic rings. The number of hydrogen-bond donors (Lipinski definition) is 2. The van der Waals surface area contributed by atoms with E-state index in [1.807, 2.05) is 24.3 Å². The molecule has 5 nitrogen and oxygen atoms in total. The number of anilines is 1. The van der Waals surface area contributed by atoms with Gasteiger partial charge >= 0.3 is 0 Å². The molecule has 25 heavy (non-hydrogen) atoms. The number of fused-ring (bicyclic) bond motifs is 1. The molecule has 5 heteroatoms. The average Bonchev–Trinajstić information content (AvgIpc) is 2.61. The molecule has 0 unspecified atom stereocenters. The van der Waals surface area contributed by atoms with E-state index in [1.54, 1.807) is 18.5 Å². The molecule has 0 saturated heterocycles. The van der Waals surface area contributed by atoms with E-state index < -0.39 is 5.91 Å². The van der Waals surface area contributed by atoms with E-state index in [0.29, 0.717) is 11.5 Å². The summed E-state index contributed by atoms with van der Waals surface area (Å²) in [5.74, 6) is 1.07. The maximum atomic E-state index is 11.2. The molecular formula is C20H22N4O. The van der Waals surface area contributed by atoms with Crippen LogP contribution in [-0.4, -0.2) is 22.4 Å². The molecule has 0 radical (unpaired) electrons. The molecular weight excluding hydrogens is 312 g/mol. The lowest BCUT2D eigenvalue weighted by molar-refractivity contribution is 0.100. The number of nitrogens with one attached hydrogen (secondary N) is 1. The molecule has 0 aliphatic carbocycles. The molecule has 1 heterocycles. The van der Waals surface area contributed by atoms with Gasteiger partial charge in [-0.2, -0.15) is 0 Å². The molecule has 0 atom stereocenters. The van der Waals surface area contributed by atoms with Crippen molar-refractivity contribution in [2.75, 3.05) is 11.9 Å². The maximum absolute atomic E-state index is 11.2. The Hall–Kier alpha value is -2.95. The van der Waals surface area contributed by atoms with Crippen LogP contribution in [0.25, 0.3) is 22.0 Å². The Morgan fingerprint density at radius 2 is 1.80 bits per heavy atom. The minimum Gasteiger partial charge on any atom is -0.369 e. The molecule has 2 aromatic carbocycles. The van der Waals surface area contributed by atoms with E-state index in [-0.39, 0.29) is 0 Å². The summed E-state index contributed by atoms with van der Waals surface area (Å²) in [6.45, 7) is 5.28. The fourth-order valence-corrected chi connectivity index (χ4v) is 2.68. The van der Waals surface area contributed by atoms with Crippen molar-refractivity contribution >= 4 is 22.6 Å². The number of benzene rings is 2. The third kappa shape index (κ3) is 3.94. The normalized spacial score (nSPS) is 11.0. The lowest BCUT2D eigenvalue weighted by Crippen LogP contribution is -2.10. The van der Waals surface area contributed by atoms with Crippen LogP contribution in [0.1, 0.15) is 30.6 Å². The zero-order valence-electron chi connectivity index (χ0n) is 14.5. The Morgan fingerprint density at radius 1 is 1.08 bits per heavy atom. The predicted molar refractivity (Wildman–Crippen MR) is 101 cm³/mol. The summed E-state index contributed by atoms with van der Waals surface area (Å²) in [6, 6.07) is 13.4. The van der Waals surface area contributed by atoms with Gasteiger partial charge in [0, 0.05) is 17.5 Å². The van der Waals surface area contributed by atoms with E-state index in [2.05, 4.69) is 35.2 Å². The van der Waals surface area contributed by atoms with Crippen molar-refractivity contribution in [2.45, 2.75) is 20.3 Å². The highest BCUT2D eigenvalue weighted by molar-refractivity contribution is 5.94. The summed E-state index contributed by atoms with van der Waals surface area (Å²) >= 11 is 0. The van der Waals surface area contributed by atoms with E-state index >= 15 is 0 Å². The van der Waals surface area contributed by atoms with E-state index in [0.717, 1.165) is 40.8 Å². The third-order valence-electron chi connectivity index (χ3n) is 4.15. The van der Waals surface area contributed by atoms with Gasteiger partial charge in [-0.05, 0) is 47.7 Å². The molecule has 0 aliphatic heterocycles. The summed E-state index contributed by atoms with van der Waals surface area (Å²) in [6.07, 6.45) is 2.67. The van der Waals surface area contributed by atoms with Gasteiger partial charge in [-0.25, -0.2) is 9.97 Å². The smallest absolute Gasteiger partial charge is 0.248 e. The summed E-state index contributed by atoms with van der Waals surface area (Å²) in [5, 5.41) is 4.40. The van der Waals surface area contributed by atoms with Crippen molar-refractivity contribution in [3.8, 4) is 11.1 Å². The topological polar surface area (TPSA) is 80.9 Å². The van der Waals surface area contributed by atoms with Crippen molar-refractivity contribution in [1.29, 1.82) is 0 Å². The largest absolute Gasteiger partial charge is 0.369 e. The Kier molecular flexibility index (Phi) is 4.93. The first-order valence-corrected chi connectivity index (χ1v) is 8.43. The SMILES string of the molecule is CC(C)CCNc1ncnc2ccc(-c3ccc(C(N)=O)cc3)cc12. The van der Waals surface area contributed by atoms with E-state index in [1.165, 1.54) is 0 Å². The lowest BCUT2D eigenvalue weighted by atomic mass is 10.0. The van der Waals surface area contributed by atoms with Crippen LogP contribution in [-0.2, 0) is 0 Å². The zero-order valence-corrected chi connectivity index (χ0v) is 14.5. The Bertz CT molecular complexity index is 888. The van der Waals surface area contributed by atoms with Crippen molar-refractivity contribution in [3.05, 3.63) is 54.4 Å². The van der Waals surface area contributed by atoms with Crippen LogP contribution < -0.4 is 11.1 Å². The molecule has 3 N–H and O–H groups in total. The summed E-state index contributed by atoms with van der Waals surface area (Å²) < 4.78 is 0. The summed E-state index contributed by atoms with van der Waals surface area (Å²) in [4.78, 5) is 20.0. The molecule has 128 valence electrons. The number of amides is 1. The van der Waals surface area contributed by atoms with E-state index in [9.17, 15) is 4.79 Å². The number of carbonyl (C=O) groups is 1. The first kappa shape index (κ1) is 16.9. The molecule has 0 spiro atoms. The highest BCUT2D eigenvalue weighted by Crippen LogP contribution is 2.27. The molecule has 0 fully saturated rings. The van der Waals surface area contributed by atoms with Gasteiger partial charge in [-0.15, -0.1) is 0 Å². The molecule has 0 bridgehead atoms. The van der Waals surface area contributed by atoms with Crippen molar-refractivity contribution in [3.63, 3.8) is 0 Å². The number of rotatable bonds is 6. The third-order valence-corrected chi connectivity index (χ3v) is 4.15. The Labute approximate surface area is 147 Å². The maximum Gasteiger partial charge on any atom is 0.248 e. The van der Waals surface area contributed by atoms with Gasteiger partial charge in [0.1, 0.15) is 12.1 Å². The quantitative estimate of drug-likeness (QED) is 0.717. The van der Waals surface area contributed by atoms with Crippen LogP contribution >= 0.6 is 0 Å². The van der Waals surface area contributed by atoms with Crippen LogP contribution in [0.15, 0.2) is 48.8 Å². The van der Waals surface area contributed by atoms with Gasteiger partial charge < -0.3 is 11.1 Å². The number of aromatic nitrogens is 2. The number of nitrogens with zero attached hydrogens (tertiary/aromatic N) is 2. The number of carbonyl (C=O) groups excluding carboxylic acids is 1. The molecule has 1 aromatic heterocycles. The summed E-state index contributed by atoms with van der Waals surface area (Å²) in [7, 11) is 0. The summed E-state index contributed by atoms with van der Waals surface area (Å²) in [5.41, 5.74) is 8.77. The molecule has 3 rings (SSSR count). The van der Waals surface area contributed by atoms with Gasteiger partial charge in [-0.1, -0.05) is 32.0 Å². The highest BCUT2D eigenvalue weighted by Gasteiger charge is 2.07. The first-order valence-electron chi connectivity index (χ1n) is 8.43.